The summed E-state index contributed by atoms with van der Waals surface area (Å²) < 4.78 is 27.2. The van der Waals surface area contributed by atoms with Gasteiger partial charge in [-0.3, -0.25) is 0 Å². The molecule has 3 atom stereocenters. The minimum Gasteiger partial charge on any atom is -0.332 e. The van der Waals surface area contributed by atoms with Crippen molar-refractivity contribution in [1.29, 1.82) is 0 Å². The molecule has 24 heavy (non-hydrogen) atoms. The Morgan fingerprint density at radius 3 is 2.38 bits per heavy atom. The maximum atomic E-state index is 12.8. The van der Waals surface area contributed by atoms with Crippen LogP contribution >= 0.6 is 0 Å². The molecule has 0 spiro atoms. The van der Waals surface area contributed by atoms with Crippen molar-refractivity contribution in [2.75, 3.05) is 32.7 Å². The zero-order chi connectivity index (χ0) is 16.7. The van der Waals surface area contributed by atoms with Crippen molar-refractivity contribution in [3.8, 4) is 0 Å². The van der Waals surface area contributed by atoms with Gasteiger partial charge >= 0.3 is 0 Å². The van der Waals surface area contributed by atoms with Crippen molar-refractivity contribution in [3.63, 3.8) is 0 Å². The van der Waals surface area contributed by atoms with Gasteiger partial charge in [0.15, 0.2) is 0 Å². The number of nitrogens with zero attached hydrogens (tertiary/aromatic N) is 1. The number of quaternary nitrogens is 1. The molecule has 1 aromatic carbocycles. The number of hydrogen-bond acceptors (Lipinski definition) is 2. The molecule has 1 saturated heterocycles. The molecule has 1 aromatic rings. The van der Waals surface area contributed by atoms with Crippen LogP contribution in [0.25, 0.3) is 0 Å². The first-order valence-electron chi connectivity index (χ1n) is 9.11. The summed E-state index contributed by atoms with van der Waals surface area (Å²) in [6, 6.07) is 7.20. The quantitative estimate of drug-likeness (QED) is 0.829. The molecule has 1 N–H and O–H groups in total. The van der Waals surface area contributed by atoms with Gasteiger partial charge in [-0.1, -0.05) is 29.8 Å². The molecule has 0 unspecified atom stereocenters. The highest BCUT2D eigenvalue weighted by Gasteiger charge is 2.39. The minimum absolute atomic E-state index is 0.426. The first-order chi connectivity index (χ1) is 11.5. The second-order valence-corrected chi connectivity index (χ2v) is 9.65. The van der Waals surface area contributed by atoms with Crippen molar-refractivity contribution in [1.82, 2.24) is 4.31 Å². The smallest absolute Gasteiger partial charge is 0.243 e. The van der Waals surface area contributed by atoms with E-state index in [2.05, 4.69) is 12.2 Å². The third-order valence-electron chi connectivity index (χ3n) is 6.06. The summed E-state index contributed by atoms with van der Waals surface area (Å²) in [6.07, 6.45) is 7.50. The Morgan fingerprint density at radius 1 is 1.08 bits per heavy atom. The number of piperazine rings is 1. The molecule has 2 fully saturated rings. The number of nitrogens with one attached hydrogen (secondary N) is 1. The highest BCUT2D eigenvalue weighted by atomic mass is 32.2. The molecule has 4 rings (SSSR count). The lowest BCUT2D eigenvalue weighted by Gasteiger charge is -2.33. The second-order valence-electron chi connectivity index (χ2n) is 7.71. The molecule has 1 heterocycles. The van der Waals surface area contributed by atoms with E-state index in [1.165, 1.54) is 19.4 Å². The van der Waals surface area contributed by atoms with Gasteiger partial charge in [-0.25, -0.2) is 8.42 Å². The highest BCUT2D eigenvalue weighted by molar-refractivity contribution is 7.89. The first kappa shape index (κ1) is 16.3. The van der Waals surface area contributed by atoms with Gasteiger partial charge in [0.25, 0.3) is 0 Å². The topological polar surface area (TPSA) is 41.8 Å². The Labute approximate surface area is 145 Å². The fraction of sp³-hybridized carbons (Fsp3) is 0.579. The van der Waals surface area contributed by atoms with Crippen molar-refractivity contribution < 1.29 is 13.3 Å². The van der Waals surface area contributed by atoms with E-state index >= 15 is 0 Å². The number of aryl methyl sites for hydroxylation is 1. The lowest BCUT2D eigenvalue weighted by molar-refractivity contribution is -0.907. The van der Waals surface area contributed by atoms with Crippen molar-refractivity contribution in [2.24, 2.45) is 17.8 Å². The van der Waals surface area contributed by atoms with E-state index in [0.717, 1.165) is 36.4 Å². The Bertz CT molecular complexity index is 718. The molecule has 5 heteroatoms. The number of rotatable bonds is 4. The van der Waals surface area contributed by atoms with Crippen LogP contribution in [0.1, 0.15) is 18.4 Å². The van der Waals surface area contributed by atoms with Crippen LogP contribution in [0.15, 0.2) is 41.3 Å². The molecular formula is C19H27N2O2S+. The van der Waals surface area contributed by atoms with Crippen LogP contribution < -0.4 is 4.90 Å². The summed E-state index contributed by atoms with van der Waals surface area (Å²) in [4.78, 5) is 2.01. The largest absolute Gasteiger partial charge is 0.332 e. The van der Waals surface area contributed by atoms with Gasteiger partial charge < -0.3 is 4.90 Å². The van der Waals surface area contributed by atoms with Gasteiger partial charge in [0.2, 0.25) is 10.0 Å². The normalized spacial score (nSPS) is 31.0. The standard InChI is InChI=1S/C19H26N2O2S/c1-15-2-6-19(7-3-15)24(22,23)21-10-8-20(9-11-21)14-18-13-16-4-5-17(18)12-16/h2-7,16-18H,8-14H2,1H3/p+1/t16-,17-,18+/m0/s1. The second kappa shape index (κ2) is 6.28. The zero-order valence-corrected chi connectivity index (χ0v) is 15.1. The van der Waals surface area contributed by atoms with Crippen LogP contribution in [0.2, 0.25) is 0 Å². The molecule has 3 aliphatic rings. The number of sulfonamides is 1. The average molecular weight is 348 g/mol. The van der Waals surface area contributed by atoms with Gasteiger partial charge in [0.1, 0.15) is 0 Å². The lowest BCUT2D eigenvalue weighted by Crippen LogP contribution is -3.15. The van der Waals surface area contributed by atoms with Crippen LogP contribution in [-0.2, 0) is 10.0 Å². The molecule has 2 bridgehead atoms. The van der Waals surface area contributed by atoms with E-state index in [9.17, 15) is 8.42 Å². The van der Waals surface area contributed by atoms with Crippen molar-refractivity contribution >= 4 is 10.0 Å². The maximum absolute atomic E-state index is 12.8. The monoisotopic (exact) mass is 347 g/mol. The van der Waals surface area contributed by atoms with Gasteiger partial charge in [-0.05, 0) is 43.7 Å². The van der Waals surface area contributed by atoms with Crippen molar-refractivity contribution in [2.45, 2.75) is 24.7 Å². The zero-order valence-electron chi connectivity index (χ0n) is 14.3. The molecular weight excluding hydrogens is 320 g/mol. The fourth-order valence-electron chi connectivity index (χ4n) is 4.61. The third-order valence-corrected chi connectivity index (χ3v) is 7.97. The van der Waals surface area contributed by atoms with Gasteiger partial charge in [0.05, 0.1) is 37.6 Å². The molecule has 130 valence electrons. The molecule has 2 aliphatic carbocycles. The average Bonchev–Trinajstić information content (AvgIpc) is 3.19. The van der Waals surface area contributed by atoms with Gasteiger partial charge in [-0.15, -0.1) is 0 Å². The third kappa shape index (κ3) is 3.05. The van der Waals surface area contributed by atoms with Gasteiger partial charge in [0, 0.05) is 5.92 Å². The highest BCUT2D eigenvalue weighted by Crippen LogP contribution is 2.42. The number of benzene rings is 1. The van der Waals surface area contributed by atoms with E-state index in [-0.39, 0.29) is 0 Å². The van der Waals surface area contributed by atoms with Gasteiger partial charge in [-0.2, -0.15) is 4.31 Å². The summed E-state index contributed by atoms with van der Waals surface area (Å²) in [7, 11) is -3.33. The Balaban J connectivity index is 1.35. The molecule has 0 amide bonds. The van der Waals surface area contributed by atoms with E-state index < -0.39 is 10.0 Å². The predicted octanol–water partition coefficient (Wildman–Crippen LogP) is 1.10. The molecule has 1 aliphatic heterocycles. The molecule has 4 nitrogen and oxygen atoms in total. The maximum Gasteiger partial charge on any atom is 0.243 e. The number of hydrogen-bond donors (Lipinski definition) is 1. The summed E-state index contributed by atoms with van der Waals surface area (Å²) in [5, 5.41) is 0. The van der Waals surface area contributed by atoms with Crippen LogP contribution in [0.3, 0.4) is 0 Å². The number of allylic oxidation sites excluding steroid dienone is 2. The van der Waals surface area contributed by atoms with Crippen LogP contribution in [-0.4, -0.2) is 45.4 Å². The van der Waals surface area contributed by atoms with E-state index in [1.807, 2.05) is 19.1 Å². The summed E-state index contributed by atoms with van der Waals surface area (Å²) >= 11 is 0. The van der Waals surface area contributed by atoms with E-state index in [1.54, 1.807) is 21.3 Å². The molecule has 1 saturated carbocycles. The van der Waals surface area contributed by atoms with E-state index in [0.29, 0.717) is 18.0 Å². The molecule has 0 radical (unpaired) electrons. The van der Waals surface area contributed by atoms with Crippen molar-refractivity contribution in [3.05, 3.63) is 42.0 Å². The SMILES string of the molecule is Cc1ccc(S(=O)(=O)N2CC[NH+](C[C@H]3C[C@H]4C=C[C@H]3C4)CC2)cc1. The summed E-state index contributed by atoms with van der Waals surface area (Å²) in [6.45, 7) is 6.34. The van der Waals surface area contributed by atoms with Crippen LogP contribution in [0.5, 0.6) is 0 Å². The van der Waals surface area contributed by atoms with E-state index in [4.69, 9.17) is 0 Å². The Kier molecular flexibility index (Phi) is 4.27. The fourth-order valence-corrected chi connectivity index (χ4v) is 6.05. The molecule has 0 aromatic heterocycles. The predicted molar refractivity (Wildman–Crippen MR) is 94.3 cm³/mol. The van der Waals surface area contributed by atoms with Crippen LogP contribution in [0, 0.1) is 24.7 Å². The summed E-state index contributed by atoms with van der Waals surface area (Å²) in [5.74, 6) is 2.43. The Morgan fingerprint density at radius 2 is 1.79 bits per heavy atom. The minimum atomic E-state index is -3.33. The van der Waals surface area contributed by atoms with Crippen LogP contribution in [0.4, 0.5) is 0 Å². The Hall–Kier alpha value is -1.17. The summed E-state index contributed by atoms with van der Waals surface area (Å²) in [5.41, 5.74) is 1.09. The first-order valence-corrected chi connectivity index (χ1v) is 10.5. The number of fused-ring (bicyclic) bond motifs is 2. The lowest BCUT2D eigenvalue weighted by atomic mass is 9.93.